The third kappa shape index (κ3) is 4.29. The van der Waals surface area contributed by atoms with E-state index in [1.54, 1.807) is 41.4 Å². The van der Waals surface area contributed by atoms with Gasteiger partial charge in [-0.3, -0.25) is 9.36 Å². The number of carbonyl (C=O) groups excluding carboxylic acids is 2. The molecule has 0 saturated carbocycles. The summed E-state index contributed by atoms with van der Waals surface area (Å²) in [6.07, 6.45) is 6.87. The van der Waals surface area contributed by atoms with Gasteiger partial charge in [-0.25, -0.2) is 9.78 Å². The number of aromatic nitrogens is 4. The molecule has 1 atom stereocenters. The van der Waals surface area contributed by atoms with Gasteiger partial charge in [0.15, 0.2) is 11.6 Å². The fraction of sp³-hybridized carbons (Fsp3) is 0.286. The fourth-order valence-electron chi connectivity index (χ4n) is 3.47. The third-order valence-corrected chi connectivity index (χ3v) is 5.10. The summed E-state index contributed by atoms with van der Waals surface area (Å²) in [5.41, 5.74) is 1.09. The van der Waals surface area contributed by atoms with Crippen molar-refractivity contribution in [1.82, 2.24) is 19.7 Å². The number of nitrogens with one attached hydrogen (secondary N) is 1. The number of hydrogen-bond donors (Lipinski definition) is 1. The molecule has 1 aliphatic heterocycles. The number of hydrogen-bond acceptors (Lipinski definition) is 7. The second-order valence-electron chi connectivity index (χ2n) is 7.06. The number of nitrogens with zero attached hydrogens (tertiary/aromatic N) is 5. The first-order valence-corrected chi connectivity index (χ1v) is 9.70. The number of piperidine rings is 1. The van der Waals surface area contributed by atoms with Crippen LogP contribution in [0, 0.1) is 5.92 Å². The van der Waals surface area contributed by atoms with Crippen LogP contribution in [-0.2, 0) is 9.53 Å². The summed E-state index contributed by atoms with van der Waals surface area (Å²) >= 11 is 0. The van der Waals surface area contributed by atoms with Crippen LogP contribution >= 0.6 is 0 Å². The number of amides is 1. The lowest BCUT2D eigenvalue weighted by Crippen LogP contribution is -2.41. The minimum absolute atomic E-state index is 0.0477. The Labute approximate surface area is 173 Å². The van der Waals surface area contributed by atoms with E-state index < -0.39 is 5.97 Å². The Morgan fingerprint density at radius 3 is 2.53 bits per heavy atom. The summed E-state index contributed by atoms with van der Waals surface area (Å²) in [5, 5.41) is 11.5. The smallest absolute Gasteiger partial charge is 0.337 e. The SMILES string of the molecule is COC(=O)c1ccc(NC(=O)C2CCCN(c3ccc(-n4ccnc4)nn3)C2)cc1. The van der Waals surface area contributed by atoms with E-state index >= 15 is 0 Å². The van der Waals surface area contributed by atoms with Crippen molar-refractivity contribution in [2.45, 2.75) is 12.8 Å². The van der Waals surface area contributed by atoms with Gasteiger partial charge in [0.1, 0.15) is 6.33 Å². The van der Waals surface area contributed by atoms with Crippen LogP contribution in [0.2, 0.25) is 0 Å². The standard InChI is InChI=1S/C21H22N6O3/c1-30-21(29)15-4-6-17(7-5-15)23-20(28)16-3-2-11-26(13-16)18-8-9-19(25-24-18)27-12-10-22-14-27/h4-10,12,14,16H,2-3,11,13H2,1H3,(H,23,28). The summed E-state index contributed by atoms with van der Waals surface area (Å²) in [7, 11) is 1.34. The zero-order valence-electron chi connectivity index (χ0n) is 16.6. The van der Waals surface area contributed by atoms with Crippen LogP contribution < -0.4 is 10.2 Å². The van der Waals surface area contributed by atoms with Gasteiger partial charge in [-0.15, -0.1) is 10.2 Å². The lowest BCUT2D eigenvalue weighted by molar-refractivity contribution is -0.120. The molecule has 4 rings (SSSR count). The van der Waals surface area contributed by atoms with Crippen molar-refractivity contribution in [2.75, 3.05) is 30.4 Å². The molecule has 1 saturated heterocycles. The van der Waals surface area contributed by atoms with Crippen LogP contribution in [0.1, 0.15) is 23.2 Å². The molecule has 1 aromatic carbocycles. The molecule has 9 heteroatoms. The van der Waals surface area contributed by atoms with Gasteiger partial charge >= 0.3 is 5.97 Å². The highest BCUT2D eigenvalue weighted by Gasteiger charge is 2.27. The normalized spacial score (nSPS) is 16.2. The van der Waals surface area contributed by atoms with Crippen molar-refractivity contribution in [3.8, 4) is 5.82 Å². The monoisotopic (exact) mass is 406 g/mol. The topological polar surface area (TPSA) is 102 Å². The molecule has 0 aliphatic carbocycles. The van der Waals surface area contributed by atoms with Crippen LogP contribution in [-0.4, -0.2) is 51.8 Å². The van der Waals surface area contributed by atoms with Crippen LogP contribution in [0.4, 0.5) is 11.5 Å². The lowest BCUT2D eigenvalue weighted by atomic mass is 9.97. The van der Waals surface area contributed by atoms with Crippen molar-refractivity contribution in [3.05, 3.63) is 60.7 Å². The zero-order chi connectivity index (χ0) is 20.9. The highest BCUT2D eigenvalue weighted by Crippen LogP contribution is 2.23. The van der Waals surface area contributed by atoms with Crippen molar-refractivity contribution < 1.29 is 14.3 Å². The number of esters is 1. The van der Waals surface area contributed by atoms with E-state index in [0.717, 1.165) is 25.2 Å². The Balaban J connectivity index is 1.38. The molecule has 0 radical (unpaired) electrons. The predicted molar refractivity (Wildman–Crippen MR) is 111 cm³/mol. The average Bonchev–Trinajstić information content (AvgIpc) is 3.34. The van der Waals surface area contributed by atoms with Crippen LogP contribution in [0.25, 0.3) is 5.82 Å². The third-order valence-electron chi connectivity index (χ3n) is 5.10. The van der Waals surface area contributed by atoms with Crippen molar-refractivity contribution in [3.63, 3.8) is 0 Å². The zero-order valence-corrected chi connectivity index (χ0v) is 16.6. The van der Waals surface area contributed by atoms with E-state index in [4.69, 9.17) is 0 Å². The number of methoxy groups -OCH3 is 1. The molecule has 1 N–H and O–H groups in total. The summed E-state index contributed by atoms with van der Waals surface area (Å²) < 4.78 is 6.47. The number of imidazole rings is 1. The Hall–Kier alpha value is -3.75. The highest BCUT2D eigenvalue weighted by atomic mass is 16.5. The molecule has 0 bridgehead atoms. The molecule has 1 fully saturated rings. The van der Waals surface area contributed by atoms with E-state index in [1.165, 1.54) is 7.11 Å². The Morgan fingerprint density at radius 2 is 1.87 bits per heavy atom. The second kappa shape index (κ2) is 8.73. The number of carbonyl (C=O) groups is 2. The predicted octanol–water partition coefficient (Wildman–Crippen LogP) is 2.30. The summed E-state index contributed by atoms with van der Waals surface area (Å²) in [5.74, 6) is 0.829. The number of ether oxygens (including phenoxy) is 1. The van der Waals surface area contributed by atoms with E-state index in [9.17, 15) is 9.59 Å². The maximum atomic E-state index is 12.8. The van der Waals surface area contributed by atoms with Gasteiger partial charge in [0.05, 0.1) is 18.6 Å². The van der Waals surface area contributed by atoms with Gasteiger partial charge in [0.25, 0.3) is 0 Å². The molecule has 1 aliphatic rings. The second-order valence-corrected chi connectivity index (χ2v) is 7.06. The largest absolute Gasteiger partial charge is 0.465 e. The molecular formula is C21H22N6O3. The molecule has 1 amide bonds. The molecule has 0 spiro atoms. The van der Waals surface area contributed by atoms with Crippen molar-refractivity contribution in [2.24, 2.45) is 5.92 Å². The highest BCUT2D eigenvalue weighted by molar-refractivity contribution is 5.94. The quantitative estimate of drug-likeness (QED) is 0.649. The van der Waals surface area contributed by atoms with E-state index in [2.05, 4.69) is 30.1 Å². The molecule has 154 valence electrons. The fourth-order valence-corrected chi connectivity index (χ4v) is 3.47. The van der Waals surface area contributed by atoms with Gasteiger partial charge < -0.3 is 15.0 Å². The van der Waals surface area contributed by atoms with Gasteiger partial charge in [-0.05, 0) is 49.2 Å². The average molecular weight is 406 g/mol. The van der Waals surface area contributed by atoms with Gasteiger partial charge in [0, 0.05) is 31.2 Å². The molecular weight excluding hydrogens is 384 g/mol. The Bertz CT molecular complexity index is 1000. The molecule has 3 heterocycles. The lowest BCUT2D eigenvalue weighted by Gasteiger charge is -2.32. The first-order chi connectivity index (χ1) is 14.6. The summed E-state index contributed by atoms with van der Waals surface area (Å²) in [4.78, 5) is 30.4. The molecule has 9 nitrogen and oxygen atoms in total. The van der Waals surface area contributed by atoms with Gasteiger partial charge in [0.2, 0.25) is 5.91 Å². The maximum Gasteiger partial charge on any atom is 0.337 e. The molecule has 30 heavy (non-hydrogen) atoms. The van der Waals surface area contributed by atoms with E-state index in [0.29, 0.717) is 23.6 Å². The minimum atomic E-state index is -0.407. The number of anilines is 2. The van der Waals surface area contributed by atoms with Crippen molar-refractivity contribution >= 4 is 23.4 Å². The van der Waals surface area contributed by atoms with Crippen LogP contribution in [0.3, 0.4) is 0 Å². The Kier molecular flexibility index (Phi) is 5.69. The molecule has 3 aromatic rings. The van der Waals surface area contributed by atoms with Crippen molar-refractivity contribution in [1.29, 1.82) is 0 Å². The molecule has 2 aromatic heterocycles. The summed E-state index contributed by atoms with van der Waals surface area (Å²) in [6, 6.07) is 10.5. The molecule has 1 unspecified atom stereocenters. The van der Waals surface area contributed by atoms with E-state index in [1.807, 2.05) is 18.3 Å². The number of benzene rings is 1. The van der Waals surface area contributed by atoms with Gasteiger partial charge in [-0.2, -0.15) is 0 Å². The number of rotatable bonds is 5. The van der Waals surface area contributed by atoms with Gasteiger partial charge in [-0.1, -0.05) is 0 Å². The first-order valence-electron chi connectivity index (χ1n) is 9.70. The summed E-state index contributed by atoms with van der Waals surface area (Å²) in [6.45, 7) is 1.40. The maximum absolute atomic E-state index is 12.8. The minimum Gasteiger partial charge on any atom is -0.465 e. The first kappa shape index (κ1) is 19.6. The van der Waals surface area contributed by atoms with Crippen LogP contribution in [0.15, 0.2) is 55.1 Å². The van der Waals surface area contributed by atoms with Crippen LogP contribution in [0.5, 0.6) is 0 Å². The van der Waals surface area contributed by atoms with E-state index in [-0.39, 0.29) is 11.8 Å². The Morgan fingerprint density at radius 1 is 1.10 bits per heavy atom.